The maximum Gasteiger partial charge on any atom is 0.250 e. The van der Waals surface area contributed by atoms with E-state index in [0.29, 0.717) is 5.75 Å². The molecule has 4 heteroatoms. The number of rotatable bonds is 4. The molecule has 1 fully saturated rings. The van der Waals surface area contributed by atoms with Crippen LogP contribution in [0, 0.1) is 0 Å². The molecule has 1 heterocycles. The first-order chi connectivity index (χ1) is 12.6. The third-order valence-corrected chi connectivity index (χ3v) is 10.7. The standard InChI is InChI=1S/C23H32O3Si/c1-22(2,3)27(4,5)26-21-12-8-19(9-13-21)23(14-16-25-17-15-23)18-6-10-20(24)11-7-18/h6-13,24H,14-17H2,1-5H3. The Balaban J connectivity index is 1.92. The summed E-state index contributed by atoms with van der Waals surface area (Å²) in [7, 11) is -1.84. The van der Waals surface area contributed by atoms with Crippen LogP contribution in [0.4, 0.5) is 0 Å². The van der Waals surface area contributed by atoms with Crippen molar-refractivity contribution in [1.29, 1.82) is 0 Å². The summed E-state index contributed by atoms with van der Waals surface area (Å²) in [5.74, 6) is 1.26. The Bertz CT molecular complexity index is 752. The van der Waals surface area contributed by atoms with Gasteiger partial charge in [-0.15, -0.1) is 0 Å². The second kappa shape index (κ2) is 7.32. The zero-order chi connectivity index (χ0) is 19.7. The lowest BCUT2D eigenvalue weighted by Crippen LogP contribution is -2.43. The molecule has 1 N–H and O–H groups in total. The van der Waals surface area contributed by atoms with Crippen LogP contribution in [0.5, 0.6) is 11.5 Å². The first-order valence-electron chi connectivity index (χ1n) is 9.81. The monoisotopic (exact) mass is 384 g/mol. The average Bonchev–Trinajstić information content (AvgIpc) is 2.62. The van der Waals surface area contributed by atoms with Crippen LogP contribution < -0.4 is 4.43 Å². The van der Waals surface area contributed by atoms with E-state index in [-0.39, 0.29) is 10.5 Å². The Labute approximate surface area is 164 Å². The first-order valence-corrected chi connectivity index (χ1v) is 12.7. The van der Waals surface area contributed by atoms with Gasteiger partial charge in [0.15, 0.2) is 0 Å². The van der Waals surface area contributed by atoms with Crippen molar-refractivity contribution < 1.29 is 14.3 Å². The van der Waals surface area contributed by atoms with Crippen LogP contribution in [0.3, 0.4) is 0 Å². The Morgan fingerprint density at radius 1 is 0.889 bits per heavy atom. The summed E-state index contributed by atoms with van der Waals surface area (Å²) in [6.07, 6.45) is 1.89. The predicted molar refractivity (Wildman–Crippen MR) is 113 cm³/mol. The molecular weight excluding hydrogens is 352 g/mol. The highest BCUT2D eigenvalue weighted by molar-refractivity contribution is 6.74. The van der Waals surface area contributed by atoms with Crippen molar-refractivity contribution in [3.8, 4) is 11.5 Å². The molecule has 1 aliphatic heterocycles. The van der Waals surface area contributed by atoms with Gasteiger partial charge in [0.25, 0.3) is 0 Å². The molecule has 0 unspecified atom stereocenters. The highest BCUT2D eigenvalue weighted by Crippen LogP contribution is 2.43. The zero-order valence-electron chi connectivity index (χ0n) is 17.2. The first kappa shape index (κ1) is 20.0. The Hall–Kier alpha value is -1.78. The number of aromatic hydroxyl groups is 1. The van der Waals surface area contributed by atoms with Crippen LogP contribution in [0.15, 0.2) is 48.5 Å². The van der Waals surface area contributed by atoms with E-state index in [1.54, 1.807) is 12.1 Å². The van der Waals surface area contributed by atoms with E-state index in [4.69, 9.17) is 9.16 Å². The second-order valence-corrected chi connectivity index (χ2v) is 13.9. The third-order valence-electron chi connectivity index (χ3n) is 6.35. The molecule has 0 bridgehead atoms. The fourth-order valence-electron chi connectivity index (χ4n) is 3.53. The van der Waals surface area contributed by atoms with Crippen LogP contribution in [-0.4, -0.2) is 26.6 Å². The van der Waals surface area contributed by atoms with E-state index in [2.05, 4.69) is 58.1 Å². The summed E-state index contributed by atoms with van der Waals surface area (Å²) >= 11 is 0. The molecule has 1 aliphatic rings. The van der Waals surface area contributed by atoms with Crippen molar-refractivity contribution >= 4 is 8.32 Å². The minimum atomic E-state index is -1.84. The summed E-state index contributed by atoms with van der Waals surface area (Å²) < 4.78 is 12.1. The van der Waals surface area contributed by atoms with Crippen molar-refractivity contribution in [2.24, 2.45) is 0 Å². The lowest BCUT2D eigenvalue weighted by atomic mass is 9.69. The van der Waals surface area contributed by atoms with Gasteiger partial charge >= 0.3 is 0 Å². The Morgan fingerprint density at radius 2 is 1.37 bits per heavy atom. The predicted octanol–water partition coefficient (Wildman–Crippen LogP) is 5.87. The number of phenols is 1. The normalized spacial score (nSPS) is 17.5. The fraction of sp³-hybridized carbons (Fsp3) is 0.478. The number of hydrogen-bond donors (Lipinski definition) is 1. The molecule has 1 saturated heterocycles. The maximum absolute atomic E-state index is 9.68. The number of ether oxygens (including phenoxy) is 1. The Kier molecular flexibility index (Phi) is 5.42. The van der Waals surface area contributed by atoms with Crippen molar-refractivity contribution in [3.63, 3.8) is 0 Å². The molecule has 0 aromatic heterocycles. The number of benzene rings is 2. The second-order valence-electron chi connectivity index (χ2n) is 9.13. The highest BCUT2D eigenvalue weighted by atomic mass is 28.4. The van der Waals surface area contributed by atoms with E-state index >= 15 is 0 Å². The summed E-state index contributed by atoms with van der Waals surface area (Å²) in [6, 6.07) is 16.3. The van der Waals surface area contributed by atoms with Gasteiger partial charge in [-0.05, 0) is 66.4 Å². The van der Waals surface area contributed by atoms with Crippen LogP contribution in [-0.2, 0) is 10.2 Å². The van der Waals surface area contributed by atoms with Gasteiger partial charge in [-0.3, -0.25) is 0 Å². The number of hydrogen-bond acceptors (Lipinski definition) is 3. The maximum atomic E-state index is 9.68. The fourth-order valence-corrected chi connectivity index (χ4v) is 4.57. The minimum absolute atomic E-state index is 0.0680. The topological polar surface area (TPSA) is 38.7 Å². The summed E-state index contributed by atoms with van der Waals surface area (Å²) in [5.41, 5.74) is 2.46. The molecule has 2 aromatic carbocycles. The lowest BCUT2D eigenvalue weighted by molar-refractivity contribution is 0.0631. The number of phenolic OH excluding ortho intramolecular Hbond substituents is 1. The van der Waals surface area contributed by atoms with Gasteiger partial charge in [0.1, 0.15) is 11.5 Å². The van der Waals surface area contributed by atoms with Gasteiger partial charge in [0.05, 0.1) is 0 Å². The van der Waals surface area contributed by atoms with Crippen molar-refractivity contribution in [1.82, 2.24) is 0 Å². The molecule has 0 radical (unpaired) electrons. The molecule has 3 nitrogen and oxygen atoms in total. The van der Waals surface area contributed by atoms with E-state index in [1.807, 2.05) is 12.1 Å². The third kappa shape index (κ3) is 4.07. The molecule has 3 rings (SSSR count). The molecule has 146 valence electrons. The molecular formula is C23H32O3Si. The van der Waals surface area contributed by atoms with Crippen LogP contribution in [0.1, 0.15) is 44.7 Å². The van der Waals surface area contributed by atoms with E-state index in [0.717, 1.165) is 31.8 Å². The van der Waals surface area contributed by atoms with Crippen molar-refractivity contribution in [2.75, 3.05) is 13.2 Å². The smallest absolute Gasteiger partial charge is 0.250 e. The van der Waals surface area contributed by atoms with Crippen LogP contribution in [0.2, 0.25) is 18.1 Å². The van der Waals surface area contributed by atoms with Crippen LogP contribution >= 0.6 is 0 Å². The van der Waals surface area contributed by atoms with Gasteiger partial charge in [-0.1, -0.05) is 45.0 Å². The van der Waals surface area contributed by atoms with E-state index < -0.39 is 8.32 Å². The quantitative estimate of drug-likeness (QED) is 0.670. The van der Waals surface area contributed by atoms with Crippen LogP contribution in [0.25, 0.3) is 0 Å². The minimum Gasteiger partial charge on any atom is -0.544 e. The van der Waals surface area contributed by atoms with Crippen molar-refractivity contribution in [3.05, 3.63) is 59.7 Å². The van der Waals surface area contributed by atoms with Gasteiger partial charge in [-0.2, -0.15) is 0 Å². The van der Waals surface area contributed by atoms with E-state index in [9.17, 15) is 5.11 Å². The summed E-state index contributed by atoms with van der Waals surface area (Å²) in [4.78, 5) is 0. The zero-order valence-corrected chi connectivity index (χ0v) is 18.2. The van der Waals surface area contributed by atoms with Gasteiger partial charge in [-0.25, -0.2) is 0 Å². The SMILES string of the molecule is CC(C)(C)[Si](C)(C)Oc1ccc(C2(c3ccc(O)cc3)CCOCC2)cc1. The molecule has 0 amide bonds. The molecule has 27 heavy (non-hydrogen) atoms. The lowest BCUT2D eigenvalue weighted by Gasteiger charge is -2.39. The molecule has 0 saturated carbocycles. The van der Waals surface area contributed by atoms with E-state index in [1.165, 1.54) is 11.1 Å². The summed E-state index contributed by atoms with van der Waals surface area (Å²) in [5, 5.41) is 9.86. The molecule has 0 aliphatic carbocycles. The van der Waals surface area contributed by atoms with Gasteiger partial charge in [0, 0.05) is 18.6 Å². The highest BCUT2D eigenvalue weighted by Gasteiger charge is 2.39. The molecule has 0 spiro atoms. The summed E-state index contributed by atoms with van der Waals surface area (Å²) in [6.45, 7) is 12.8. The molecule has 2 aromatic rings. The molecule has 0 atom stereocenters. The van der Waals surface area contributed by atoms with Crippen molar-refractivity contribution in [2.45, 2.75) is 57.2 Å². The largest absolute Gasteiger partial charge is 0.544 e. The van der Waals surface area contributed by atoms with Gasteiger partial charge in [0.2, 0.25) is 8.32 Å². The average molecular weight is 385 g/mol. The Morgan fingerprint density at radius 3 is 1.85 bits per heavy atom. The van der Waals surface area contributed by atoms with Gasteiger partial charge < -0.3 is 14.3 Å².